The van der Waals surface area contributed by atoms with Crippen LogP contribution in [0.15, 0.2) is 66.9 Å². The van der Waals surface area contributed by atoms with Gasteiger partial charge in [-0.3, -0.25) is 14.0 Å². The molecule has 55 heavy (non-hydrogen) atoms. The Kier molecular flexibility index (Phi) is 9.99. The van der Waals surface area contributed by atoms with E-state index < -0.39 is 71.1 Å². The van der Waals surface area contributed by atoms with Crippen LogP contribution in [0.3, 0.4) is 0 Å². The van der Waals surface area contributed by atoms with Gasteiger partial charge in [-0.1, -0.05) is 12.1 Å². The van der Waals surface area contributed by atoms with Crippen molar-refractivity contribution in [1.29, 1.82) is 0 Å². The zero-order valence-corrected chi connectivity index (χ0v) is 29.8. The number of nitrogen functional groups attached to an aromatic ring is 1. The first kappa shape index (κ1) is 37.4. The average molecular weight is 784 g/mol. The van der Waals surface area contributed by atoms with Crippen LogP contribution in [0.5, 0.6) is 17.2 Å². The van der Waals surface area contributed by atoms with Crippen molar-refractivity contribution in [1.82, 2.24) is 24.4 Å². The van der Waals surface area contributed by atoms with Gasteiger partial charge in [-0.15, -0.1) is 0 Å². The molecule has 2 unspecified atom stereocenters. The Morgan fingerprint density at radius 2 is 1.87 bits per heavy atom. The summed E-state index contributed by atoms with van der Waals surface area (Å²) in [5, 5.41) is 4.63. The number of anilines is 2. The summed E-state index contributed by atoms with van der Waals surface area (Å²) >= 11 is 0. The van der Waals surface area contributed by atoms with Crippen LogP contribution in [0.25, 0.3) is 16.6 Å². The highest BCUT2D eigenvalue weighted by atomic mass is 32.2. The summed E-state index contributed by atoms with van der Waals surface area (Å²) in [4.78, 5) is 45.9. The number of rotatable bonds is 14. The van der Waals surface area contributed by atoms with Crippen molar-refractivity contribution in [3.05, 3.63) is 89.5 Å². The summed E-state index contributed by atoms with van der Waals surface area (Å²) in [6.45, 7) is -0.287. The highest BCUT2D eigenvalue weighted by Gasteiger charge is 2.52. The molecule has 3 aromatic carbocycles. The Morgan fingerprint density at radius 3 is 2.58 bits per heavy atom. The Hall–Kier alpha value is -5.95. The second kappa shape index (κ2) is 14.7. The summed E-state index contributed by atoms with van der Waals surface area (Å²) in [6, 6.07) is 12.2. The van der Waals surface area contributed by atoms with E-state index in [4.69, 9.17) is 15.2 Å². The number of hydrogen-bond donors (Lipinski definition) is 3. The number of para-hydroxylation sites is 1. The lowest BCUT2D eigenvalue weighted by Gasteiger charge is -2.21. The van der Waals surface area contributed by atoms with Crippen molar-refractivity contribution in [2.45, 2.75) is 38.3 Å². The van der Waals surface area contributed by atoms with Gasteiger partial charge in [0.2, 0.25) is 15.8 Å². The van der Waals surface area contributed by atoms with Gasteiger partial charge in [-0.05, 0) is 73.9 Å². The molecule has 5 aromatic rings. The van der Waals surface area contributed by atoms with Crippen LogP contribution >= 0.6 is 0 Å². The van der Waals surface area contributed by atoms with Gasteiger partial charge in [0.25, 0.3) is 12.3 Å². The average Bonchev–Trinajstić information content (AvgIpc) is 3.90. The number of imide groups is 1. The normalized spacial score (nSPS) is 17.1. The molecule has 0 aliphatic carbocycles. The van der Waals surface area contributed by atoms with E-state index in [0.717, 1.165) is 4.90 Å². The Labute approximate surface area is 310 Å². The van der Waals surface area contributed by atoms with Gasteiger partial charge in [-0.25, -0.2) is 40.7 Å². The second-order valence-corrected chi connectivity index (χ2v) is 14.9. The summed E-state index contributed by atoms with van der Waals surface area (Å²) in [5.74, 6) is -2.14. The predicted octanol–water partition coefficient (Wildman–Crippen LogP) is 5.24. The van der Waals surface area contributed by atoms with Crippen LogP contribution in [-0.4, -0.2) is 89.9 Å². The fourth-order valence-electron chi connectivity index (χ4n) is 6.69. The van der Waals surface area contributed by atoms with E-state index in [1.54, 1.807) is 37.3 Å². The highest BCUT2D eigenvalue weighted by Crippen LogP contribution is 2.40. The minimum Gasteiger partial charge on any atom is -0.485 e. The lowest BCUT2D eigenvalue weighted by Crippen LogP contribution is -2.42. The van der Waals surface area contributed by atoms with E-state index in [0.29, 0.717) is 22.4 Å². The standard InChI is InChI=1S/C36H33F4N7O7S/c1-19-11-22(54-30-6-3-2-5-24(30)38)7-8-27(19)47-34(41)23(16-42-47)33(48)26-12-20-13-31(53-18-32(39)40)28(15-25(20)43-26)46-35(49)29-14-21(17-45(29)36(46)50)44-55(51,52)10-4-9-37/h2-3,5-8,11-13,15-16,21,29,32,43-44H,4,9-10,14,17-18,41H2,1H3. The van der Waals surface area contributed by atoms with Gasteiger partial charge >= 0.3 is 6.03 Å². The molecule has 0 radical (unpaired) electrons. The number of halogens is 4. The fourth-order valence-corrected chi connectivity index (χ4v) is 7.97. The van der Waals surface area contributed by atoms with Crippen molar-refractivity contribution in [2.75, 3.05) is 36.2 Å². The van der Waals surface area contributed by atoms with Gasteiger partial charge in [-0.2, -0.15) is 5.10 Å². The molecule has 2 saturated heterocycles. The number of nitrogens with two attached hydrogens (primary N) is 1. The molecule has 4 N–H and O–H groups in total. The monoisotopic (exact) mass is 783 g/mol. The Morgan fingerprint density at radius 1 is 1.09 bits per heavy atom. The number of carbonyl (C=O) groups excluding carboxylic acids is 3. The number of H-pyrrole nitrogens is 1. The van der Waals surface area contributed by atoms with E-state index in [1.165, 1.54) is 46.1 Å². The first-order chi connectivity index (χ1) is 26.2. The molecule has 4 heterocycles. The molecular weight excluding hydrogens is 750 g/mol. The molecule has 7 rings (SSSR count). The number of aromatic nitrogens is 3. The Balaban J connectivity index is 1.14. The molecule has 2 atom stereocenters. The molecular formula is C36H33F4N7O7S. The van der Waals surface area contributed by atoms with Crippen LogP contribution in [-0.2, 0) is 14.8 Å². The summed E-state index contributed by atoms with van der Waals surface area (Å²) < 4.78 is 92.7. The molecule has 3 amide bonds. The summed E-state index contributed by atoms with van der Waals surface area (Å²) in [7, 11) is -3.86. The van der Waals surface area contributed by atoms with E-state index in [-0.39, 0.29) is 59.2 Å². The van der Waals surface area contributed by atoms with E-state index in [9.17, 15) is 40.4 Å². The maximum Gasteiger partial charge on any atom is 0.332 e. The van der Waals surface area contributed by atoms with Crippen LogP contribution in [0.2, 0.25) is 0 Å². The van der Waals surface area contributed by atoms with Crippen LogP contribution in [0, 0.1) is 12.7 Å². The number of amides is 3. The minimum atomic E-state index is -3.86. The van der Waals surface area contributed by atoms with Gasteiger partial charge in [0.05, 0.1) is 41.3 Å². The number of sulfonamides is 1. The number of alkyl halides is 3. The number of aromatic amines is 1. The molecule has 2 aliphatic heterocycles. The van der Waals surface area contributed by atoms with Crippen LogP contribution in [0.4, 0.5) is 33.9 Å². The topological polar surface area (TPSA) is 182 Å². The SMILES string of the molecule is Cc1cc(Oc2ccccc2F)ccc1-n1ncc(C(=O)c2cc3cc(OCC(F)F)c(N4C(=O)C5CC(NS(=O)(=O)CCCF)CN5C4=O)cc3[nH]2)c1N. The quantitative estimate of drug-likeness (QED) is 0.0771. The molecule has 0 spiro atoms. The summed E-state index contributed by atoms with van der Waals surface area (Å²) in [5.41, 5.74) is 7.70. The number of aryl methyl sites for hydroxylation is 1. The number of nitrogens with one attached hydrogen (secondary N) is 2. The lowest BCUT2D eigenvalue weighted by molar-refractivity contribution is -0.119. The third-order valence-electron chi connectivity index (χ3n) is 9.20. The number of urea groups is 1. The van der Waals surface area contributed by atoms with Gasteiger partial charge in [0.15, 0.2) is 11.6 Å². The number of fused-ring (bicyclic) bond motifs is 2. The van der Waals surface area contributed by atoms with Gasteiger partial charge in [0.1, 0.15) is 30.0 Å². The van der Waals surface area contributed by atoms with E-state index in [2.05, 4.69) is 14.8 Å². The third-order valence-corrected chi connectivity index (χ3v) is 10.7. The largest absolute Gasteiger partial charge is 0.485 e. The molecule has 0 bridgehead atoms. The molecule has 2 aliphatic rings. The smallest absolute Gasteiger partial charge is 0.332 e. The number of hydrogen-bond acceptors (Lipinski definition) is 9. The number of carbonyl (C=O) groups is 3. The van der Waals surface area contributed by atoms with Gasteiger partial charge < -0.3 is 25.1 Å². The second-order valence-electron chi connectivity index (χ2n) is 13.0. The molecule has 2 fully saturated rings. The zero-order chi connectivity index (χ0) is 39.2. The number of nitrogens with zero attached hydrogens (tertiary/aromatic N) is 4. The molecule has 2 aromatic heterocycles. The van der Waals surface area contributed by atoms with Crippen LogP contribution < -0.4 is 24.8 Å². The number of benzene rings is 3. The van der Waals surface area contributed by atoms with Crippen molar-refractivity contribution in [2.24, 2.45) is 0 Å². The fraction of sp³-hybridized carbons (Fsp3) is 0.278. The van der Waals surface area contributed by atoms with E-state index >= 15 is 0 Å². The van der Waals surface area contributed by atoms with Crippen molar-refractivity contribution in [3.63, 3.8) is 0 Å². The highest BCUT2D eigenvalue weighted by molar-refractivity contribution is 7.89. The Bertz CT molecular complexity index is 2410. The number of ketones is 1. The first-order valence-corrected chi connectivity index (χ1v) is 18.6. The maximum absolute atomic E-state index is 14.1. The minimum absolute atomic E-state index is 0.00645. The van der Waals surface area contributed by atoms with Crippen molar-refractivity contribution < 1.29 is 49.8 Å². The van der Waals surface area contributed by atoms with Crippen LogP contribution in [0.1, 0.15) is 34.5 Å². The van der Waals surface area contributed by atoms with Crippen molar-refractivity contribution >= 4 is 50.2 Å². The van der Waals surface area contributed by atoms with Crippen molar-refractivity contribution in [3.8, 4) is 22.9 Å². The molecule has 14 nitrogen and oxygen atoms in total. The molecule has 288 valence electrons. The third kappa shape index (κ3) is 7.31. The van der Waals surface area contributed by atoms with Gasteiger partial charge in [0, 0.05) is 23.5 Å². The maximum atomic E-state index is 14.1. The number of ether oxygens (including phenoxy) is 2. The molecule has 19 heteroatoms. The summed E-state index contributed by atoms with van der Waals surface area (Å²) in [6.07, 6.45) is -1.89. The zero-order valence-electron chi connectivity index (χ0n) is 29.0. The molecule has 0 saturated carbocycles. The van der Waals surface area contributed by atoms with E-state index in [1.807, 2.05) is 0 Å². The first-order valence-electron chi connectivity index (χ1n) is 16.9. The lowest BCUT2D eigenvalue weighted by atomic mass is 10.1. The predicted molar refractivity (Wildman–Crippen MR) is 192 cm³/mol.